The first-order valence-corrected chi connectivity index (χ1v) is 17.3. The van der Waals surface area contributed by atoms with E-state index < -0.39 is 0 Å². The predicted molar refractivity (Wildman–Crippen MR) is 199 cm³/mol. The van der Waals surface area contributed by atoms with E-state index in [0.29, 0.717) is 48.7 Å². The zero-order valence-electron chi connectivity index (χ0n) is 28.6. The van der Waals surface area contributed by atoms with Gasteiger partial charge in [0, 0.05) is 61.9 Å². The molecule has 1 aliphatic rings. The third-order valence-electron chi connectivity index (χ3n) is 8.66. The fraction of sp³-hybridized carbons (Fsp3) is 0.238. The highest BCUT2D eigenvalue weighted by Crippen LogP contribution is 2.27. The molecule has 256 valence electrons. The Balaban J connectivity index is 0.915. The average molecular weight is 688 g/mol. The van der Waals surface area contributed by atoms with E-state index in [2.05, 4.69) is 53.2 Å². The fourth-order valence-corrected chi connectivity index (χ4v) is 5.94. The molecular weight excluding hydrogens is 646 g/mol. The highest BCUT2D eigenvalue weighted by molar-refractivity contribution is 6.31. The molecule has 0 unspecified atom stereocenters. The van der Waals surface area contributed by atoms with Crippen LogP contribution in [0.25, 0.3) is 6.08 Å². The van der Waals surface area contributed by atoms with Gasteiger partial charge in [0.1, 0.15) is 23.9 Å². The second kappa shape index (κ2) is 17.0. The van der Waals surface area contributed by atoms with Gasteiger partial charge in [-0.05, 0) is 84.1 Å². The normalized spacial score (nSPS) is 13.4. The molecule has 8 heteroatoms. The van der Waals surface area contributed by atoms with Crippen LogP contribution in [0.5, 0.6) is 23.1 Å². The van der Waals surface area contributed by atoms with Crippen LogP contribution in [-0.4, -0.2) is 53.5 Å². The highest BCUT2D eigenvalue weighted by Gasteiger charge is 2.19. The molecule has 7 nitrogen and oxygen atoms in total. The molecule has 0 atom stereocenters. The summed E-state index contributed by atoms with van der Waals surface area (Å²) in [6, 6.07) is 33.9. The van der Waals surface area contributed by atoms with Crippen molar-refractivity contribution in [3.8, 4) is 23.1 Å². The van der Waals surface area contributed by atoms with Gasteiger partial charge < -0.3 is 19.1 Å². The quantitative estimate of drug-likeness (QED) is 0.115. The lowest BCUT2D eigenvalue weighted by molar-refractivity contribution is -0.127. The largest absolute Gasteiger partial charge is 0.493 e. The van der Waals surface area contributed by atoms with Gasteiger partial charge in [0.05, 0.1) is 12.8 Å². The molecule has 2 heterocycles. The van der Waals surface area contributed by atoms with Gasteiger partial charge in [0.25, 0.3) is 0 Å². The topological polar surface area (TPSA) is 64.1 Å². The molecule has 50 heavy (non-hydrogen) atoms. The monoisotopic (exact) mass is 687 g/mol. The molecule has 0 bridgehead atoms. The number of rotatable bonds is 13. The number of piperazine rings is 1. The van der Waals surface area contributed by atoms with E-state index in [-0.39, 0.29) is 5.91 Å². The van der Waals surface area contributed by atoms with E-state index in [9.17, 15) is 4.79 Å². The lowest BCUT2D eigenvalue weighted by Crippen LogP contribution is -2.47. The van der Waals surface area contributed by atoms with Crippen molar-refractivity contribution in [3.05, 3.63) is 154 Å². The average Bonchev–Trinajstić information content (AvgIpc) is 3.13. The Bertz CT molecular complexity index is 1900. The van der Waals surface area contributed by atoms with Crippen molar-refractivity contribution in [3.63, 3.8) is 0 Å². The van der Waals surface area contributed by atoms with E-state index >= 15 is 0 Å². The third-order valence-corrected chi connectivity index (χ3v) is 9.02. The van der Waals surface area contributed by atoms with Crippen molar-refractivity contribution >= 4 is 23.6 Å². The van der Waals surface area contributed by atoms with Crippen molar-refractivity contribution in [1.29, 1.82) is 0 Å². The summed E-state index contributed by atoms with van der Waals surface area (Å²) >= 11 is 6.21. The minimum atomic E-state index is 0.0286. The Kier molecular flexibility index (Phi) is 11.8. The number of pyridine rings is 1. The molecule has 0 spiro atoms. The number of halogens is 1. The van der Waals surface area contributed by atoms with Crippen LogP contribution in [0.2, 0.25) is 5.02 Å². The van der Waals surface area contributed by atoms with Crippen LogP contribution < -0.4 is 14.2 Å². The van der Waals surface area contributed by atoms with Gasteiger partial charge in [0.2, 0.25) is 11.8 Å². The molecule has 1 saturated heterocycles. The zero-order valence-corrected chi connectivity index (χ0v) is 29.3. The van der Waals surface area contributed by atoms with Crippen LogP contribution in [0.1, 0.15) is 33.4 Å². The number of aromatic nitrogens is 1. The van der Waals surface area contributed by atoms with Gasteiger partial charge in [-0.25, -0.2) is 4.98 Å². The number of hydrogen-bond acceptors (Lipinski definition) is 6. The standard InChI is InChI=1S/C42H42ClN3O4/c1-31-6-5-8-37(26-31)48-25-20-33-10-12-35(13-11-33)29-45-21-23-46(24-22-45)42(47)19-15-34-14-17-40(32(2)27-34)50-41-18-16-38(28-44-41)49-30-36-7-3-4-9-39(36)43/h3-19,26-28H,20-25,29-30H2,1-2H3/b19-15+. The molecule has 0 radical (unpaired) electrons. The zero-order chi connectivity index (χ0) is 34.7. The minimum Gasteiger partial charge on any atom is -0.493 e. The number of amides is 1. The lowest BCUT2D eigenvalue weighted by atomic mass is 10.1. The van der Waals surface area contributed by atoms with Crippen molar-refractivity contribution in [2.75, 3.05) is 32.8 Å². The Morgan fingerprint density at radius 1 is 0.820 bits per heavy atom. The molecule has 1 amide bonds. The van der Waals surface area contributed by atoms with E-state index in [0.717, 1.165) is 48.5 Å². The summed E-state index contributed by atoms with van der Waals surface area (Å²) in [5.41, 5.74) is 6.53. The van der Waals surface area contributed by atoms with Gasteiger partial charge in [-0.1, -0.05) is 72.3 Å². The SMILES string of the molecule is Cc1cccc(OCCc2ccc(CN3CCN(C(=O)/C=C/c4ccc(Oc5ccc(OCc6ccccc6Cl)cn5)c(C)c4)CC3)cc2)c1. The summed E-state index contributed by atoms with van der Waals surface area (Å²) in [6.45, 7) is 9.05. The number of ether oxygens (including phenoxy) is 3. The molecule has 6 rings (SSSR count). The first-order valence-electron chi connectivity index (χ1n) is 17.0. The molecular formula is C42H42ClN3O4. The maximum atomic E-state index is 13.0. The lowest BCUT2D eigenvalue weighted by Gasteiger charge is -2.34. The van der Waals surface area contributed by atoms with Crippen LogP contribution in [0, 0.1) is 13.8 Å². The third kappa shape index (κ3) is 9.97. The molecule has 1 aliphatic heterocycles. The Labute approximate surface area is 299 Å². The Morgan fingerprint density at radius 2 is 1.62 bits per heavy atom. The highest BCUT2D eigenvalue weighted by atomic mass is 35.5. The van der Waals surface area contributed by atoms with Crippen LogP contribution in [0.15, 0.2) is 115 Å². The van der Waals surface area contributed by atoms with Gasteiger partial charge in [-0.15, -0.1) is 0 Å². The van der Waals surface area contributed by atoms with Crippen molar-refractivity contribution < 1.29 is 19.0 Å². The van der Waals surface area contributed by atoms with Crippen LogP contribution in [0.4, 0.5) is 0 Å². The first kappa shape index (κ1) is 34.7. The summed E-state index contributed by atoms with van der Waals surface area (Å²) in [5, 5.41) is 0.669. The smallest absolute Gasteiger partial charge is 0.246 e. The second-order valence-electron chi connectivity index (χ2n) is 12.5. The summed E-state index contributed by atoms with van der Waals surface area (Å²) in [4.78, 5) is 21.7. The van der Waals surface area contributed by atoms with Gasteiger partial charge in [0.15, 0.2) is 0 Å². The van der Waals surface area contributed by atoms with E-state index in [1.54, 1.807) is 18.3 Å². The summed E-state index contributed by atoms with van der Waals surface area (Å²) < 4.78 is 17.7. The Morgan fingerprint density at radius 3 is 2.36 bits per heavy atom. The van der Waals surface area contributed by atoms with Gasteiger partial charge in [-0.2, -0.15) is 0 Å². The number of aryl methyl sites for hydroxylation is 2. The van der Waals surface area contributed by atoms with E-state index in [1.165, 1.54) is 16.7 Å². The van der Waals surface area contributed by atoms with Gasteiger partial charge in [-0.3, -0.25) is 9.69 Å². The summed E-state index contributed by atoms with van der Waals surface area (Å²) in [5.74, 6) is 2.74. The molecule has 5 aromatic rings. The molecule has 4 aromatic carbocycles. The maximum absolute atomic E-state index is 13.0. The van der Waals surface area contributed by atoms with Crippen molar-refractivity contribution in [1.82, 2.24) is 14.8 Å². The minimum absolute atomic E-state index is 0.0286. The Hall–Kier alpha value is -5.11. The van der Waals surface area contributed by atoms with Crippen LogP contribution in [-0.2, 0) is 24.4 Å². The first-order chi connectivity index (χ1) is 24.4. The number of carbonyl (C=O) groups excluding carboxylic acids is 1. The molecule has 1 aromatic heterocycles. The summed E-state index contributed by atoms with van der Waals surface area (Å²) in [7, 11) is 0. The second-order valence-corrected chi connectivity index (χ2v) is 12.9. The number of benzene rings is 4. The maximum Gasteiger partial charge on any atom is 0.246 e. The number of carbonyl (C=O) groups is 1. The molecule has 0 aliphatic carbocycles. The predicted octanol–water partition coefficient (Wildman–Crippen LogP) is 8.70. The molecule has 1 fully saturated rings. The fourth-order valence-electron chi connectivity index (χ4n) is 5.75. The molecule has 0 N–H and O–H groups in total. The van der Waals surface area contributed by atoms with Crippen molar-refractivity contribution in [2.45, 2.75) is 33.4 Å². The summed E-state index contributed by atoms with van der Waals surface area (Å²) in [6.07, 6.45) is 6.03. The molecule has 0 saturated carbocycles. The van der Waals surface area contributed by atoms with Crippen LogP contribution >= 0.6 is 11.6 Å². The van der Waals surface area contributed by atoms with E-state index in [4.69, 9.17) is 25.8 Å². The van der Waals surface area contributed by atoms with Crippen LogP contribution in [0.3, 0.4) is 0 Å². The van der Waals surface area contributed by atoms with Crippen molar-refractivity contribution in [2.24, 2.45) is 0 Å². The van der Waals surface area contributed by atoms with Gasteiger partial charge >= 0.3 is 0 Å². The number of nitrogens with zero attached hydrogens (tertiary/aromatic N) is 3. The number of hydrogen-bond donors (Lipinski definition) is 0. The van der Waals surface area contributed by atoms with E-state index in [1.807, 2.05) is 78.6 Å².